The molecule has 0 radical (unpaired) electrons. The van der Waals surface area contributed by atoms with Gasteiger partial charge in [0.15, 0.2) is 11.5 Å². The van der Waals surface area contributed by atoms with Crippen LogP contribution in [0.25, 0.3) is 0 Å². The van der Waals surface area contributed by atoms with Gasteiger partial charge in [0.1, 0.15) is 13.2 Å². The number of thiophene rings is 1. The fourth-order valence-electron chi connectivity index (χ4n) is 2.32. The van der Waals surface area contributed by atoms with Gasteiger partial charge in [-0.1, -0.05) is 12.1 Å². The molecule has 1 atom stereocenters. The first-order valence-electron chi connectivity index (χ1n) is 6.49. The highest BCUT2D eigenvalue weighted by Gasteiger charge is 2.16. The van der Waals surface area contributed by atoms with E-state index < -0.39 is 0 Å². The number of fused-ring (bicyclic) bond motifs is 1. The Labute approximate surface area is 117 Å². The summed E-state index contributed by atoms with van der Waals surface area (Å²) in [6.07, 6.45) is 0.980. The minimum absolute atomic E-state index is 0.328. The molecule has 0 aliphatic carbocycles. The fraction of sp³-hybridized carbons (Fsp3) is 0.333. The van der Waals surface area contributed by atoms with E-state index in [0.717, 1.165) is 17.9 Å². The molecule has 2 aromatic rings. The molecule has 1 aromatic carbocycles. The van der Waals surface area contributed by atoms with Crippen LogP contribution < -0.4 is 15.2 Å². The van der Waals surface area contributed by atoms with Gasteiger partial charge in [0, 0.05) is 10.8 Å². The Bertz CT molecular complexity index is 539. The molecule has 1 unspecified atom stereocenters. The van der Waals surface area contributed by atoms with Gasteiger partial charge >= 0.3 is 0 Å². The summed E-state index contributed by atoms with van der Waals surface area (Å²) in [5, 5.41) is 2.10. The second kappa shape index (κ2) is 5.63. The van der Waals surface area contributed by atoms with Crippen LogP contribution in [0, 0.1) is 0 Å². The summed E-state index contributed by atoms with van der Waals surface area (Å²) in [5.74, 6) is 2.00. The van der Waals surface area contributed by atoms with Gasteiger partial charge in [0.2, 0.25) is 0 Å². The van der Waals surface area contributed by atoms with E-state index >= 15 is 0 Å². The Balaban J connectivity index is 1.82. The zero-order chi connectivity index (χ0) is 13.1. The van der Waals surface area contributed by atoms with Crippen molar-refractivity contribution in [3.05, 3.63) is 46.2 Å². The van der Waals surface area contributed by atoms with Crippen molar-refractivity contribution in [2.45, 2.75) is 12.3 Å². The van der Waals surface area contributed by atoms with Gasteiger partial charge in [-0.15, -0.1) is 11.3 Å². The summed E-state index contributed by atoms with van der Waals surface area (Å²) in [6.45, 7) is 1.88. The molecule has 2 heterocycles. The highest BCUT2D eigenvalue weighted by molar-refractivity contribution is 7.09. The standard InChI is InChI=1S/C15H17NO2S/c16-10-12(8-13-2-1-7-19-13)11-3-4-14-15(9-11)18-6-5-17-14/h1-4,7,9,12H,5-6,8,10,16H2. The quantitative estimate of drug-likeness (QED) is 0.933. The van der Waals surface area contributed by atoms with Gasteiger partial charge in [-0.05, 0) is 42.1 Å². The van der Waals surface area contributed by atoms with Crippen LogP contribution in [0.2, 0.25) is 0 Å². The van der Waals surface area contributed by atoms with Crippen LogP contribution >= 0.6 is 11.3 Å². The molecule has 0 spiro atoms. The zero-order valence-corrected chi connectivity index (χ0v) is 11.5. The van der Waals surface area contributed by atoms with Crippen molar-refractivity contribution in [3.8, 4) is 11.5 Å². The Morgan fingerprint density at radius 3 is 2.74 bits per heavy atom. The van der Waals surface area contributed by atoms with Crippen LogP contribution in [0.3, 0.4) is 0 Å². The maximum absolute atomic E-state index is 5.93. The van der Waals surface area contributed by atoms with Gasteiger partial charge in [0.05, 0.1) is 0 Å². The Morgan fingerprint density at radius 2 is 2.00 bits per heavy atom. The van der Waals surface area contributed by atoms with Crippen molar-refractivity contribution in [1.29, 1.82) is 0 Å². The van der Waals surface area contributed by atoms with Crippen molar-refractivity contribution >= 4 is 11.3 Å². The fourth-order valence-corrected chi connectivity index (χ4v) is 3.11. The number of benzene rings is 1. The highest BCUT2D eigenvalue weighted by Crippen LogP contribution is 2.34. The Hall–Kier alpha value is -1.52. The molecule has 3 nitrogen and oxygen atoms in total. The minimum Gasteiger partial charge on any atom is -0.486 e. The van der Waals surface area contributed by atoms with Crippen molar-refractivity contribution in [1.82, 2.24) is 0 Å². The molecule has 3 rings (SSSR count). The van der Waals surface area contributed by atoms with E-state index in [1.807, 2.05) is 6.07 Å². The van der Waals surface area contributed by atoms with Crippen LogP contribution in [0.4, 0.5) is 0 Å². The van der Waals surface area contributed by atoms with Gasteiger partial charge < -0.3 is 15.2 Å². The summed E-state index contributed by atoms with van der Waals surface area (Å²) in [4.78, 5) is 1.37. The Kier molecular flexibility index (Phi) is 3.71. The predicted molar refractivity (Wildman–Crippen MR) is 77.3 cm³/mol. The average molecular weight is 275 g/mol. The van der Waals surface area contributed by atoms with E-state index in [1.54, 1.807) is 11.3 Å². The van der Waals surface area contributed by atoms with Crippen molar-refractivity contribution in [2.75, 3.05) is 19.8 Å². The van der Waals surface area contributed by atoms with Crippen LogP contribution in [-0.4, -0.2) is 19.8 Å². The summed E-state index contributed by atoms with van der Waals surface area (Å²) in [7, 11) is 0. The SMILES string of the molecule is NCC(Cc1cccs1)c1ccc2c(c1)OCCO2. The summed E-state index contributed by atoms with van der Waals surface area (Å²) >= 11 is 1.78. The summed E-state index contributed by atoms with van der Waals surface area (Å²) < 4.78 is 11.2. The van der Waals surface area contributed by atoms with Crippen LogP contribution in [0.15, 0.2) is 35.7 Å². The van der Waals surface area contributed by atoms with E-state index in [2.05, 4.69) is 29.6 Å². The molecular weight excluding hydrogens is 258 g/mol. The Morgan fingerprint density at radius 1 is 1.16 bits per heavy atom. The smallest absolute Gasteiger partial charge is 0.161 e. The second-order valence-electron chi connectivity index (χ2n) is 4.62. The van der Waals surface area contributed by atoms with Crippen LogP contribution in [0.5, 0.6) is 11.5 Å². The van der Waals surface area contributed by atoms with E-state index in [9.17, 15) is 0 Å². The molecule has 0 bridgehead atoms. The molecule has 0 saturated carbocycles. The van der Waals surface area contributed by atoms with E-state index in [1.165, 1.54) is 10.4 Å². The number of rotatable bonds is 4. The van der Waals surface area contributed by atoms with Gasteiger partial charge in [-0.3, -0.25) is 0 Å². The maximum Gasteiger partial charge on any atom is 0.161 e. The molecule has 1 aliphatic rings. The maximum atomic E-state index is 5.93. The van der Waals surface area contributed by atoms with Gasteiger partial charge in [-0.25, -0.2) is 0 Å². The third-order valence-corrected chi connectivity index (χ3v) is 4.25. The lowest BCUT2D eigenvalue weighted by atomic mass is 9.94. The van der Waals surface area contributed by atoms with E-state index in [0.29, 0.717) is 25.7 Å². The molecule has 1 aromatic heterocycles. The zero-order valence-electron chi connectivity index (χ0n) is 10.7. The topological polar surface area (TPSA) is 44.5 Å². The highest BCUT2D eigenvalue weighted by atomic mass is 32.1. The molecule has 1 aliphatic heterocycles. The van der Waals surface area contributed by atoms with Crippen LogP contribution in [0.1, 0.15) is 16.4 Å². The lowest BCUT2D eigenvalue weighted by Crippen LogP contribution is -2.17. The summed E-state index contributed by atoms with van der Waals surface area (Å²) in [6, 6.07) is 10.4. The van der Waals surface area contributed by atoms with E-state index in [4.69, 9.17) is 15.2 Å². The second-order valence-corrected chi connectivity index (χ2v) is 5.65. The third-order valence-electron chi connectivity index (χ3n) is 3.35. The third kappa shape index (κ3) is 2.74. The molecule has 0 fully saturated rings. The first kappa shape index (κ1) is 12.5. The molecule has 2 N–H and O–H groups in total. The molecule has 4 heteroatoms. The first-order valence-corrected chi connectivity index (χ1v) is 7.37. The van der Waals surface area contributed by atoms with E-state index in [-0.39, 0.29) is 0 Å². The largest absolute Gasteiger partial charge is 0.486 e. The molecule has 0 amide bonds. The average Bonchev–Trinajstić information content (AvgIpc) is 2.97. The summed E-state index contributed by atoms with van der Waals surface area (Å²) in [5.41, 5.74) is 7.15. The van der Waals surface area contributed by atoms with Gasteiger partial charge in [-0.2, -0.15) is 0 Å². The molecule has 100 valence electrons. The van der Waals surface area contributed by atoms with Crippen molar-refractivity contribution in [3.63, 3.8) is 0 Å². The first-order chi connectivity index (χ1) is 9.36. The lowest BCUT2D eigenvalue weighted by molar-refractivity contribution is 0.171. The van der Waals surface area contributed by atoms with Gasteiger partial charge in [0.25, 0.3) is 0 Å². The van der Waals surface area contributed by atoms with Crippen molar-refractivity contribution in [2.24, 2.45) is 5.73 Å². The van der Waals surface area contributed by atoms with Crippen molar-refractivity contribution < 1.29 is 9.47 Å². The molecular formula is C15H17NO2S. The monoisotopic (exact) mass is 275 g/mol. The molecule has 0 saturated heterocycles. The molecule has 19 heavy (non-hydrogen) atoms. The predicted octanol–water partition coefficient (Wildman–Crippen LogP) is 2.80. The normalized spacial score (nSPS) is 15.2. The minimum atomic E-state index is 0.328. The number of nitrogens with two attached hydrogens (primary N) is 1. The lowest BCUT2D eigenvalue weighted by Gasteiger charge is -2.21. The van der Waals surface area contributed by atoms with Crippen LogP contribution in [-0.2, 0) is 6.42 Å². The number of ether oxygens (including phenoxy) is 2. The number of hydrogen-bond acceptors (Lipinski definition) is 4. The number of hydrogen-bond donors (Lipinski definition) is 1.